The van der Waals surface area contributed by atoms with Crippen LogP contribution in [0.3, 0.4) is 0 Å². The maximum atomic E-state index is 10.4. The molecule has 0 radical (unpaired) electrons. The monoisotopic (exact) mass is 277 g/mol. The smallest absolute Gasteiger partial charge is 0.0802 e. The van der Waals surface area contributed by atoms with E-state index in [1.165, 1.54) is 11.1 Å². The quantitative estimate of drug-likeness (QED) is 0.918. The van der Waals surface area contributed by atoms with Crippen LogP contribution in [0.4, 0.5) is 0 Å². The molecule has 2 rings (SSSR count). The molecule has 1 fully saturated rings. The summed E-state index contributed by atoms with van der Waals surface area (Å²) in [5.74, 6) is 0. The first kappa shape index (κ1) is 15.5. The Morgan fingerprint density at radius 1 is 1.15 bits per heavy atom. The molecule has 0 aromatic heterocycles. The SMILES string of the molecule is Cc1cc(C)cc(C(O)CCN2CC(C)OC(C)C2)c1. The summed E-state index contributed by atoms with van der Waals surface area (Å²) in [5.41, 5.74) is 3.47. The fourth-order valence-electron chi connectivity index (χ4n) is 3.14. The predicted molar refractivity (Wildman–Crippen MR) is 81.9 cm³/mol. The van der Waals surface area contributed by atoms with Crippen molar-refractivity contribution >= 4 is 0 Å². The zero-order valence-electron chi connectivity index (χ0n) is 13.1. The Kier molecular flexibility index (Phi) is 5.19. The number of morpholine rings is 1. The summed E-state index contributed by atoms with van der Waals surface area (Å²) in [6, 6.07) is 6.31. The molecule has 3 atom stereocenters. The van der Waals surface area contributed by atoms with Gasteiger partial charge in [0.05, 0.1) is 18.3 Å². The van der Waals surface area contributed by atoms with Crippen molar-refractivity contribution in [1.82, 2.24) is 4.90 Å². The molecule has 1 saturated heterocycles. The highest BCUT2D eigenvalue weighted by molar-refractivity contribution is 5.29. The van der Waals surface area contributed by atoms with Gasteiger partial charge in [0.2, 0.25) is 0 Å². The van der Waals surface area contributed by atoms with Crippen LogP contribution >= 0.6 is 0 Å². The van der Waals surface area contributed by atoms with Gasteiger partial charge in [0, 0.05) is 19.6 Å². The number of hydrogen-bond donors (Lipinski definition) is 1. The minimum atomic E-state index is -0.373. The van der Waals surface area contributed by atoms with Crippen molar-refractivity contribution in [2.45, 2.75) is 52.4 Å². The van der Waals surface area contributed by atoms with Gasteiger partial charge in [0.1, 0.15) is 0 Å². The fraction of sp³-hybridized carbons (Fsp3) is 0.647. The number of benzene rings is 1. The number of rotatable bonds is 4. The molecule has 3 nitrogen and oxygen atoms in total. The lowest BCUT2D eigenvalue weighted by Gasteiger charge is -2.35. The zero-order valence-corrected chi connectivity index (χ0v) is 13.1. The number of aliphatic hydroxyl groups is 1. The molecule has 1 aromatic rings. The summed E-state index contributed by atoms with van der Waals surface area (Å²) < 4.78 is 5.74. The van der Waals surface area contributed by atoms with E-state index in [1.807, 2.05) is 0 Å². The van der Waals surface area contributed by atoms with Crippen molar-refractivity contribution in [2.75, 3.05) is 19.6 Å². The molecule has 20 heavy (non-hydrogen) atoms. The second-order valence-corrected chi connectivity index (χ2v) is 6.24. The minimum absolute atomic E-state index is 0.289. The van der Waals surface area contributed by atoms with Crippen LogP contribution in [0.2, 0.25) is 0 Å². The van der Waals surface area contributed by atoms with Crippen molar-refractivity contribution in [2.24, 2.45) is 0 Å². The number of aryl methyl sites for hydroxylation is 2. The largest absolute Gasteiger partial charge is 0.388 e. The molecule has 112 valence electrons. The third-order valence-electron chi connectivity index (χ3n) is 3.84. The highest BCUT2D eigenvalue weighted by atomic mass is 16.5. The minimum Gasteiger partial charge on any atom is -0.388 e. The van der Waals surface area contributed by atoms with E-state index < -0.39 is 0 Å². The molecule has 1 aliphatic rings. The van der Waals surface area contributed by atoms with E-state index in [-0.39, 0.29) is 18.3 Å². The third-order valence-corrected chi connectivity index (χ3v) is 3.84. The maximum Gasteiger partial charge on any atom is 0.0802 e. The summed E-state index contributed by atoms with van der Waals surface area (Å²) in [6.07, 6.45) is 0.985. The van der Waals surface area contributed by atoms with Gasteiger partial charge >= 0.3 is 0 Å². The van der Waals surface area contributed by atoms with Gasteiger partial charge in [-0.25, -0.2) is 0 Å². The molecule has 3 heteroatoms. The number of aliphatic hydroxyl groups excluding tert-OH is 1. The molecule has 1 aromatic carbocycles. The van der Waals surface area contributed by atoms with Crippen LogP contribution in [0.5, 0.6) is 0 Å². The number of nitrogens with zero attached hydrogens (tertiary/aromatic N) is 1. The predicted octanol–water partition coefficient (Wildman–Crippen LogP) is 2.84. The van der Waals surface area contributed by atoms with Crippen LogP contribution in [-0.4, -0.2) is 41.8 Å². The van der Waals surface area contributed by atoms with E-state index >= 15 is 0 Å². The summed E-state index contributed by atoms with van der Waals surface area (Å²) in [7, 11) is 0. The van der Waals surface area contributed by atoms with Crippen LogP contribution in [0.25, 0.3) is 0 Å². The first-order valence-corrected chi connectivity index (χ1v) is 7.58. The average Bonchev–Trinajstić information content (AvgIpc) is 2.33. The summed E-state index contributed by atoms with van der Waals surface area (Å²) >= 11 is 0. The van der Waals surface area contributed by atoms with Gasteiger partial charge in [-0.2, -0.15) is 0 Å². The standard InChI is InChI=1S/C17H27NO2/c1-12-7-13(2)9-16(8-12)17(19)5-6-18-10-14(3)20-15(4)11-18/h7-9,14-15,17,19H,5-6,10-11H2,1-4H3. The van der Waals surface area contributed by atoms with Gasteiger partial charge in [-0.1, -0.05) is 29.3 Å². The van der Waals surface area contributed by atoms with Crippen molar-refractivity contribution in [1.29, 1.82) is 0 Å². The van der Waals surface area contributed by atoms with Gasteiger partial charge in [0.25, 0.3) is 0 Å². The molecule has 0 aliphatic carbocycles. The molecule has 0 saturated carbocycles. The van der Waals surface area contributed by atoms with Gasteiger partial charge in [-0.15, -0.1) is 0 Å². The summed E-state index contributed by atoms with van der Waals surface area (Å²) in [4.78, 5) is 2.39. The highest BCUT2D eigenvalue weighted by Gasteiger charge is 2.22. The second-order valence-electron chi connectivity index (χ2n) is 6.24. The van der Waals surface area contributed by atoms with Gasteiger partial charge in [0.15, 0.2) is 0 Å². The van der Waals surface area contributed by atoms with E-state index in [0.29, 0.717) is 0 Å². The first-order valence-electron chi connectivity index (χ1n) is 7.58. The molecule has 0 spiro atoms. The Labute approximate surface area is 122 Å². The van der Waals surface area contributed by atoms with Gasteiger partial charge in [-0.05, 0) is 39.7 Å². The molecule has 0 amide bonds. The molecule has 1 heterocycles. The van der Waals surface area contributed by atoms with E-state index in [9.17, 15) is 5.11 Å². The van der Waals surface area contributed by atoms with E-state index in [2.05, 4.69) is 50.8 Å². The Morgan fingerprint density at radius 2 is 1.70 bits per heavy atom. The molecular formula is C17H27NO2. The molecule has 0 bridgehead atoms. The second kappa shape index (κ2) is 6.70. The lowest BCUT2D eigenvalue weighted by Crippen LogP contribution is -2.45. The van der Waals surface area contributed by atoms with Crippen LogP contribution < -0.4 is 0 Å². The Hall–Kier alpha value is -0.900. The van der Waals surface area contributed by atoms with Crippen molar-refractivity contribution in [3.63, 3.8) is 0 Å². The molecule has 3 unspecified atom stereocenters. The van der Waals surface area contributed by atoms with E-state index in [4.69, 9.17) is 4.74 Å². The number of ether oxygens (including phenoxy) is 1. The Balaban J connectivity index is 1.89. The van der Waals surface area contributed by atoms with Crippen LogP contribution in [0.15, 0.2) is 18.2 Å². The number of hydrogen-bond acceptors (Lipinski definition) is 3. The van der Waals surface area contributed by atoms with Crippen molar-refractivity contribution < 1.29 is 9.84 Å². The Bertz CT molecular complexity index is 416. The summed E-state index contributed by atoms with van der Waals surface area (Å²) in [6.45, 7) is 11.2. The van der Waals surface area contributed by atoms with Gasteiger partial charge in [-0.3, -0.25) is 4.90 Å². The lowest BCUT2D eigenvalue weighted by atomic mass is 10.0. The maximum absolute atomic E-state index is 10.4. The molecular weight excluding hydrogens is 250 g/mol. The normalized spacial score (nSPS) is 25.6. The van der Waals surface area contributed by atoms with Crippen molar-refractivity contribution in [3.05, 3.63) is 34.9 Å². The fourth-order valence-corrected chi connectivity index (χ4v) is 3.14. The van der Waals surface area contributed by atoms with E-state index in [1.54, 1.807) is 0 Å². The topological polar surface area (TPSA) is 32.7 Å². The zero-order chi connectivity index (χ0) is 14.7. The van der Waals surface area contributed by atoms with Crippen molar-refractivity contribution in [3.8, 4) is 0 Å². The van der Waals surface area contributed by atoms with Crippen LogP contribution in [0, 0.1) is 13.8 Å². The molecule has 1 aliphatic heterocycles. The summed E-state index contributed by atoms with van der Waals surface area (Å²) in [5, 5.41) is 10.4. The van der Waals surface area contributed by atoms with E-state index in [0.717, 1.165) is 31.6 Å². The average molecular weight is 277 g/mol. The molecule has 1 N–H and O–H groups in total. The third kappa shape index (κ3) is 4.30. The van der Waals surface area contributed by atoms with Gasteiger partial charge < -0.3 is 9.84 Å². The highest BCUT2D eigenvalue weighted by Crippen LogP contribution is 2.21. The first-order chi connectivity index (χ1) is 9.44. The van der Waals surface area contributed by atoms with Crippen LogP contribution in [0.1, 0.15) is 43.1 Å². The Morgan fingerprint density at radius 3 is 2.25 bits per heavy atom. The van der Waals surface area contributed by atoms with Crippen LogP contribution in [-0.2, 0) is 4.74 Å². The lowest BCUT2D eigenvalue weighted by molar-refractivity contribution is -0.0702.